The van der Waals surface area contributed by atoms with Crippen LogP contribution in [-0.4, -0.2) is 5.97 Å². The molecule has 14 heavy (non-hydrogen) atoms. The molecule has 0 fully saturated rings. The molecule has 1 rings (SSSR count). The van der Waals surface area contributed by atoms with Crippen LogP contribution in [0.4, 0.5) is 0 Å². The van der Waals surface area contributed by atoms with Gasteiger partial charge in [-0.1, -0.05) is 31.4 Å². The first-order chi connectivity index (χ1) is 6.74. The number of carbonyl (C=O) groups is 1. The average Bonchev–Trinajstić information content (AvgIpc) is 2.52. The Morgan fingerprint density at radius 1 is 1.57 bits per heavy atom. The number of carboxylic acids is 1. The van der Waals surface area contributed by atoms with Crippen molar-refractivity contribution < 1.29 is 9.90 Å². The van der Waals surface area contributed by atoms with Crippen molar-refractivity contribution in [3.8, 4) is 0 Å². The number of rotatable bonds is 6. The fourth-order valence-electron chi connectivity index (χ4n) is 2.14. The summed E-state index contributed by atoms with van der Waals surface area (Å²) in [7, 11) is 0. The average molecular weight is 195 g/mol. The summed E-state index contributed by atoms with van der Waals surface area (Å²) in [4.78, 5) is 10.5. The number of unbranched alkanes of at least 4 members (excludes halogenated alkanes) is 2. The van der Waals surface area contributed by atoms with E-state index in [1.807, 2.05) is 0 Å². The van der Waals surface area contributed by atoms with Gasteiger partial charge < -0.3 is 9.90 Å². The molecule has 0 aromatic carbocycles. The second-order valence-corrected chi connectivity index (χ2v) is 4.09. The first-order valence-electron chi connectivity index (χ1n) is 5.62. The van der Waals surface area contributed by atoms with Gasteiger partial charge in [0.05, 0.1) is 0 Å². The van der Waals surface area contributed by atoms with Gasteiger partial charge in [0.2, 0.25) is 0 Å². The van der Waals surface area contributed by atoms with Gasteiger partial charge >= 0.3 is 0 Å². The summed E-state index contributed by atoms with van der Waals surface area (Å²) in [5.41, 5.74) is 1.36. The van der Waals surface area contributed by atoms with Gasteiger partial charge in [-0.3, -0.25) is 0 Å². The van der Waals surface area contributed by atoms with Gasteiger partial charge in [-0.15, -0.1) is 0 Å². The van der Waals surface area contributed by atoms with Crippen molar-refractivity contribution in [2.24, 2.45) is 5.92 Å². The highest BCUT2D eigenvalue weighted by Gasteiger charge is 2.18. The van der Waals surface area contributed by atoms with Gasteiger partial charge in [-0.2, -0.15) is 0 Å². The van der Waals surface area contributed by atoms with E-state index in [2.05, 4.69) is 13.0 Å². The zero-order valence-electron chi connectivity index (χ0n) is 8.92. The summed E-state index contributed by atoms with van der Waals surface area (Å²) >= 11 is 0. The molecule has 2 heteroatoms. The highest BCUT2D eigenvalue weighted by molar-refractivity contribution is 5.65. The van der Waals surface area contributed by atoms with E-state index in [4.69, 9.17) is 0 Å². The lowest BCUT2D eigenvalue weighted by atomic mass is 9.94. The lowest BCUT2D eigenvalue weighted by molar-refractivity contribution is -0.306. The Kier molecular flexibility index (Phi) is 4.71. The van der Waals surface area contributed by atoms with Crippen molar-refractivity contribution >= 4 is 5.97 Å². The summed E-state index contributed by atoms with van der Waals surface area (Å²) in [5.74, 6) is -0.629. The molecule has 2 nitrogen and oxygen atoms in total. The zero-order chi connectivity index (χ0) is 10.4. The van der Waals surface area contributed by atoms with Crippen molar-refractivity contribution in [1.29, 1.82) is 0 Å². The lowest BCUT2D eigenvalue weighted by Crippen LogP contribution is -2.25. The molecule has 1 unspecified atom stereocenters. The van der Waals surface area contributed by atoms with Crippen LogP contribution in [0.25, 0.3) is 0 Å². The smallest absolute Gasteiger partial charge is 0.0420 e. The second kappa shape index (κ2) is 5.84. The molecule has 80 valence electrons. The first-order valence-corrected chi connectivity index (χ1v) is 5.62. The van der Waals surface area contributed by atoms with Crippen LogP contribution in [0.15, 0.2) is 11.6 Å². The number of carbonyl (C=O) groups excluding carboxylic acids is 1. The van der Waals surface area contributed by atoms with Crippen molar-refractivity contribution in [1.82, 2.24) is 0 Å². The number of hydrogen-bond acceptors (Lipinski definition) is 2. The molecule has 0 N–H and O–H groups in total. The minimum Gasteiger partial charge on any atom is -0.550 e. The van der Waals surface area contributed by atoms with Crippen LogP contribution < -0.4 is 5.11 Å². The SMILES string of the molecule is CCCCCC1=CCCC1CC(=O)[O-]. The van der Waals surface area contributed by atoms with E-state index in [0.29, 0.717) is 0 Å². The molecule has 1 aliphatic rings. The molecule has 1 atom stereocenters. The Hall–Kier alpha value is -0.790. The molecule has 0 aliphatic heterocycles. The second-order valence-electron chi connectivity index (χ2n) is 4.09. The molecule has 0 amide bonds. The minimum atomic E-state index is -0.904. The summed E-state index contributed by atoms with van der Waals surface area (Å²) < 4.78 is 0. The van der Waals surface area contributed by atoms with Gasteiger partial charge in [0.1, 0.15) is 0 Å². The number of aliphatic carboxylic acids is 1. The van der Waals surface area contributed by atoms with Gasteiger partial charge in [0.25, 0.3) is 0 Å². The maximum atomic E-state index is 10.5. The van der Waals surface area contributed by atoms with E-state index in [-0.39, 0.29) is 12.3 Å². The third-order valence-electron chi connectivity index (χ3n) is 2.93. The van der Waals surface area contributed by atoms with Gasteiger partial charge in [-0.25, -0.2) is 0 Å². The van der Waals surface area contributed by atoms with E-state index in [1.54, 1.807) is 0 Å². The number of hydrogen-bond donors (Lipinski definition) is 0. The normalized spacial score (nSPS) is 20.9. The first kappa shape index (κ1) is 11.3. The Balaban J connectivity index is 2.31. The summed E-state index contributed by atoms with van der Waals surface area (Å²) in [6.07, 6.45) is 9.27. The van der Waals surface area contributed by atoms with Gasteiger partial charge in [0.15, 0.2) is 0 Å². The maximum Gasteiger partial charge on any atom is 0.0420 e. The largest absolute Gasteiger partial charge is 0.550 e. The molecule has 0 saturated heterocycles. The fourth-order valence-corrected chi connectivity index (χ4v) is 2.14. The molecular formula is C12H19O2-. The topological polar surface area (TPSA) is 40.1 Å². The standard InChI is InChI=1S/C12H20O2/c1-2-3-4-6-10-7-5-8-11(10)9-12(13)14/h7,11H,2-6,8-9H2,1H3,(H,13,14)/p-1. The number of carboxylic acid groups (broad SMARTS) is 1. The molecule has 0 heterocycles. The van der Waals surface area contributed by atoms with Crippen LogP contribution in [0.5, 0.6) is 0 Å². The molecular weight excluding hydrogens is 176 g/mol. The van der Waals surface area contributed by atoms with Gasteiger partial charge in [-0.05, 0) is 38.0 Å². The zero-order valence-corrected chi connectivity index (χ0v) is 8.92. The van der Waals surface area contributed by atoms with Gasteiger partial charge in [0, 0.05) is 5.97 Å². The van der Waals surface area contributed by atoms with Crippen molar-refractivity contribution in [3.05, 3.63) is 11.6 Å². The highest BCUT2D eigenvalue weighted by Crippen LogP contribution is 2.31. The lowest BCUT2D eigenvalue weighted by Gasteiger charge is -2.15. The fraction of sp³-hybridized carbons (Fsp3) is 0.750. The van der Waals surface area contributed by atoms with Crippen LogP contribution in [0, 0.1) is 5.92 Å². The molecule has 0 spiro atoms. The van der Waals surface area contributed by atoms with Crippen molar-refractivity contribution in [2.45, 2.75) is 51.9 Å². The monoisotopic (exact) mass is 195 g/mol. The molecule has 0 aromatic heterocycles. The Morgan fingerprint density at radius 2 is 2.36 bits per heavy atom. The predicted octanol–water partition coefficient (Wildman–Crippen LogP) is 2.04. The van der Waals surface area contributed by atoms with Crippen molar-refractivity contribution in [3.63, 3.8) is 0 Å². The summed E-state index contributed by atoms with van der Waals surface area (Å²) in [6, 6.07) is 0. The van der Waals surface area contributed by atoms with Crippen LogP contribution in [0.3, 0.4) is 0 Å². The van der Waals surface area contributed by atoms with Crippen LogP contribution >= 0.6 is 0 Å². The molecule has 0 bridgehead atoms. The predicted molar refractivity (Wildman–Crippen MR) is 54.6 cm³/mol. The van der Waals surface area contributed by atoms with E-state index >= 15 is 0 Å². The van der Waals surface area contributed by atoms with E-state index < -0.39 is 5.97 Å². The van der Waals surface area contributed by atoms with Crippen LogP contribution in [0.1, 0.15) is 51.9 Å². The quantitative estimate of drug-likeness (QED) is 0.480. The molecule has 1 aliphatic carbocycles. The Labute approximate surface area is 86.0 Å². The molecule has 0 aromatic rings. The van der Waals surface area contributed by atoms with E-state index in [9.17, 15) is 9.90 Å². The minimum absolute atomic E-state index is 0.220. The summed E-state index contributed by atoms with van der Waals surface area (Å²) in [6.45, 7) is 2.18. The summed E-state index contributed by atoms with van der Waals surface area (Å²) in [5, 5.41) is 10.5. The van der Waals surface area contributed by atoms with Crippen LogP contribution in [-0.2, 0) is 4.79 Å². The number of allylic oxidation sites excluding steroid dienone is 2. The maximum absolute atomic E-state index is 10.5. The molecule has 0 radical (unpaired) electrons. The van der Waals surface area contributed by atoms with E-state index in [0.717, 1.165) is 19.3 Å². The highest BCUT2D eigenvalue weighted by atomic mass is 16.4. The third-order valence-corrected chi connectivity index (χ3v) is 2.93. The molecule has 0 saturated carbocycles. The Bertz CT molecular complexity index is 218. The Morgan fingerprint density at radius 3 is 3.00 bits per heavy atom. The van der Waals surface area contributed by atoms with Crippen molar-refractivity contribution in [2.75, 3.05) is 0 Å². The van der Waals surface area contributed by atoms with Crippen LogP contribution in [0.2, 0.25) is 0 Å². The van der Waals surface area contributed by atoms with E-state index in [1.165, 1.54) is 24.8 Å². The third kappa shape index (κ3) is 3.52.